The van der Waals surface area contributed by atoms with E-state index in [1.807, 2.05) is 0 Å². The molecule has 0 saturated carbocycles. The van der Waals surface area contributed by atoms with Gasteiger partial charge in [-0.3, -0.25) is 0 Å². The van der Waals surface area contributed by atoms with Crippen molar-refractivity contribution in [2.24, 2.45) is 0 Å². The summed E-state index contributed by atoms with van der Waals surface area (Å²) in [6.45, 7) is 0.655. The maximum absolute atomic E-state index is 9.65. The number of hydrogen-bond donors (Lipinski definition) is 2. The van der Waals surface area contributed by atoms with Gasteiger partial charge in [-0.2, -0.15) is 0 Å². The summed E-state index contributed by atoms with van der Waals surface area (Å²) in [5.41, 5.74) is -0.875. The summed E-state index contributed by atoms with van der Waals surface area (Å²) in [6.07, 6.45) is 1.26. The van der Waals surface area contributed by atoms with E-state index >= 15 is 0 Å². The topological polar surface area (TPSA) is 65.5 Å². The molecule has 0 aromatic carbocycles. The number of fused-ring (bicyclic) bond motifs is 1. The van der Waals surface area contributed by atoms with Crippen LogP contribution in [0.1, 0.15) is 0 Å². The molecule has 0 bridgehead atoms. The molecule has 0 amide bonds. The van der Waals surface area contributed by atoms with Crippen LogP contribution in [0.5, 0.6) is 0 Å². The van der Waals surface area contributed by atoms with E-state index in [4.69, 9.17) is 9.47 Å². The summed E-state index contributed by atoms with van der Waals surface area (Å²) in [6, 6.07) is 0. The highest BCUT2D eigenvalue weighted by atomic mass is 16.6. The first kappa shape index (κ1) is 8.45. The molecular formula is C10H10O4. The number of hydrogen-bond acceptors (Lipinski definition) is 4. The van der Waals surface area contributed by atoms with Gasteiger partial charge >= 0.3 is 0 Å². The summed E-state index contributed by atoms with van der Waals surface area (Å²) in [4.78, 5) is 0. The van der Waals surface area contributed by atoms with Crippen molar-refractivity contribution in [3.05, 3.63) is 12.2 Å². The number of ether oxygens (including phenoxy) is 2. The van der Waals surface area contributed by atoms with E-state index in [9.17, 15) is 10.2 Å². The quantitative estimate of drug-likeness (QED) is 0.289. The van der Waals surface area contributed by atoms with Crippen molar-refractivity contribution >= 4 is 0 Å². The minimum absolute atomic E-state index is 0.00975. The van der Waals surface area contributed by atoms with E-state index < -0.39 is 17.8 Å². The number of aliphatic hydroxyl groups excluding tert-OH is 2. The second-order valence-corrected chi connectivity index (χ2v) is 3.74. The predicted octanol–water partition coefficient (Wildman–Crippen LogP) is -1.18. The minimum atomic E-state index is -0.875. The van der Waals surface area contributed by atoms with Crippen molar-refractivity contribution in [2.45, 2.75) is 30.0 Å². The Kier molecular flexibility index (Phi) is 1.56. The number of rotatable bonds is 0. The lowest BCUT2D eigenvalue weighted by atomic mass is 9.90. The first-order valence-corrected chi connectivity index (χ1v) is 4.59. The third-order valence-electron chi connectivity index (χ3n) is 2.69. The standard InChI is InChI=1S/C10H10O4/c11-7-1-2-8(12)10(9(7)14-10)4-3-6-5-13-6/h1-2,6-9,11-12H,5H2/t6-,7+,8+,9-,10+/m1/s1. The molecule has 2 heterocycles. The summed E-state index contributed by atoms with van der Waals surface area (Å²) >= 11 is 0. The minimum Gasteiger partial charge on any atom is -0.386 e. The molecule has 2 aliphatic heterocycles. The van der Waals surface area contributed by atoms with Crippen LogP contribution in [0.4, 0.5) is 0 Å². The Morgan fingerprint density at radius 1 is 1.36 bits per heavy atom. The van der Waals surface area contributed by atoms with Gasteiger partial charge in [0.25, 0.3) is 0 Å². The number of aliphatic hydroxyl groups is 2. The first-order valence-electron chi connectivity index (χ1n) is 4.59. The van der Waals surface area contributed by atoms with Gasteiger partial charge in [0.1, 0.15) is 24.4 Å². The Morgan fingerprint density at radius 2 is 2.14 bits per heavy atom. The van der Waals surface area contributed by atoms with Gasteiger partial charge in [-0.05, 0) is 0 Å². The Morgan fingerprint density at radius 3 is 2.86 bits per heavy atom. The normalized spacial score (nSPS) is 53.0. The van der Waals surface area contributed by atoms with E-state index in [0.717, 1.165) is 0 Å². The smallest absolute Gasteiger partial charge is 0.187 e. The monoisotopic (exact) mass is 194 g/mol. The Hall–Kier alpha value is -0.860. The van der Waals surface area contributed by atoms with Crippen LogP contribution in [0, 0.1) is 11.8 Å². The zero-order valence-electron chi connectivity index (χ0n) is 7.38. The van der Waals surface area contributed by atoms with Crippen molar-refractivity contribution in [3.8, 4) is 11.8 Å². The third-order valence-corrected chi connectivity index (χ3v) is 2.69. The van der Waals surface area contributed by atoms with Crippen LogP contribution in [0.2, 0.25) is 0 Å². The van der Waals surface area contributed by atoms with Crippen LogP contribution in [0.15, 0.2) is 12.2 Å². The molecule has 4 nitrogen and oxygen atoms in total. The van der Waals surface area contributed by atoms with Crippen LogP contribution in [0.3, 0.4) is 0 Å². The largest absolute Gasteiger partial charge is 0.386 e. The highest BCUT2D eigenvalue weighted by molar-refractivity contribution is 5.37. The summed E-state index contributed by atoms with van der Waals surface area (Å²) in [5.74, 6) is 5.71. The van der Waals surface area contributed by atoms with Gasteiger partial charge in [0.2, 0.25) is 0 Å². The zero-order valence-corrected chi connectivity index (χ0v) is 7.38. The highest BCUT2D eigenvalue weighted by Gasteiger charge is 2.64. The molecule has 2 N–H and O–H groups in total. The van der Waals surface area contributed by atoms with Crippen LogP contribution in [-0.2, 0) is 9.47 Å². The molecule has 4 heteroatoms. The van der Waals surface area contributed by atoms with Gasteiger partial charge in [-0.1, -0.05) is 24.0 Å². The van der Waals surface area contributed by atoms with E-state index in [1.165, 1.54) is 12.2 Å². The van der Waals surface area contributed by atoms with E-state index in [1.54, 1.807) is 0 Å². The molecule has 2 fully saturated rings. The maximum Gasteiger partial charge on any atom is 0.187 e. The predicted molar refractivity (Wildman–Crippen MR) is 46.3 cm³/mol. The van der Waals surface area contributed by atoms with Crippen molar-refractivity contribution < 1.29 is 19.7 Å². The zero-order chi connectivity index (χ0) is 9.76. The molecule has 0 spiro atoms. The van der Waals surface area contributed by atoms with E-state index in [0.29, 0.717) is 6.61 Å². The lowest BCUT2D eigenvalue weighted by Gasteiger charge is -2.16. The van der Waals surface area contributed by atoms with Crippen molar-refractivity contribution in [1.29, 1.82) is 0 Å². The molecule has 2 saturated heterocycles. The molecule has 74 valence electrons. The Labute approximate surface area is 81.1 Å². The van der Waals surface area contributed by atoms with E-state index in [2.05, 4.69) is 11.8 Å². The molecule has 0 aromatic rings. The SMILES string of the molecule is O[C@H]1C=C[C@H](O)[C@]2(C#C[C@@H]3CO3)O[C@H]12. The van der Waals surface area contributed by atoms with Crippen LogP contribution >= 0.6 is 0 Å². The fourth-order valence-electron chi connectivity index (χ4n) is 1.70. The fraction of sp³-hybridized carbons (Fsp3) is 0.600. The van der Waals surface area contributed by atoms with Gasteiger partial charge < -0.3 is 19.7 Å². The third kappa shape index (κ3) is 1.11. The fourth-order valence-corrected chi connectivity index (χ4v) is 1.70. The van der Waals surface area contributed by atoms with Gasteiger partial charge in [-0.25, -0.2) is 0 Å². The molecule has 3 aliphatic rings. The average Bonchev–Trinajstić information content (AvgIpc) is 2.98. The molecule has 1 aliphatic carbocycles. The Bertz CT molecular complexity index is 349. The molecular weight excluding hydrogens is 184 g/mol. The van der Waals surface area contributed by atoms with Gasteiger partial charge in [0.15, 0.2) is 5.60 Å². The van der Waals surface area contributed by atoms with Crippen LogP contribution in [-0.4, -0.2) is 46.8 Å². The van der Waals surface area contributed by atoms with Crippen LogP contribution in [0.25, 0.3) is 0 Å². The summed E-state index contributed by atoms with van der Waals surface area (Å²) < 4.78 is 10.2. The van der Waals surface area contributed by atoms with E-state index in [-0.39, 0.29) is 12.2 Å². The molecule has 0 radical (unpaired) electrons. The van der Waals surface area contributed by atoms with Crippen LogP contribution < -0.4 is 0 Å². The van der Waals surface area contributed by atoms with Gasteiger partial charge in [0, 0.05) is 0 Å². The van der Waals surface area contributed by atoms with Crippen molar-refractivity contribution in [1.82, 2.24) is 0 Å². The molecule has 3 rings (SSSR count). The van der Waals surface area contributed by atoms with Crippen molar-refractivity contribution in [3.63, 3.8) is 0 Å². The summed E-state index contributed by atoms with van der Waals surface area (Å²) in [5, 5.41) is 19.1. The van der Waals surface area contributed by atoms with Gasteiger partial charge in [-0.15, -0.1) is 0 Å². The second-order valence-electron chi connectivity index (χ2n) is 3.74. The molecule has 0 aromatic heterocycles. The Balaban J connectivity index is 1.84. The number of epoxide rings is 2. The molecule has 5 atom stereocenters. The average molecular weight is 194 g/mol. The first-order chi connectivity index (χ1) is 6.72. The lowest BCUT2D eigenvalue weighted by molar-refractivity contribution is 0.144. The van der Waals surface area contributed by atoms with Crippen molar-refractivity contribution in [2.75, 3.05) is 6.61 Å². The summed E-state index contributed by atoms with van der Waals surface area (Å²) in [7, 11) is 0. The second kappa shape index (κ2) is 2.59. The highest BCUT2D eigenvalue weighted by Crippen LogP contribution is 2.45. The molecule has 0 unspecified atom stereocenters. The molecule has 14 heavy (non-hydrogen) atoms. The maximum atomic E-state index is 9.65. The lowest BCUT2D eigenvalue weighted by Crippen LogP contribution is -2.36. The van der Waals surface area contributed by atoms with Gasteiger partial charge in [0.05, 0.1) is 6.61 Å².